The van der Waals surface area contributed by atoms with E-state index in [1.807, 2.05) is 13.8 Å². The molecule has 1 nitrogen and oxygen atoms in total. The van der Waals surface area contributed by atoms with Crippen LogP contribution in [0.2, 0.25) is 0 Å². The summed E-state index contributed by atoms with van der Waals surface area (Å²) in [4.78, 5) is 11.2. The van der Waals surface area contributed by atoms with E-state index in [0.29, 0.717) is 5.78 Å². The molecule has 0 saturated heterocycles. The zero-order valence-corrected chi connectivity index (χ0v) is 8.68. The predicted octanol–water partition coefficient (Wildman–Crippen LogP) is 3.35. The van der Waals surface area contributed by atoms with Crippen molar-refractivity contribution < 1.29 is 4.79 Å². The maximum Gasteiger partial charge on any atom is 0.135 e. The maximum atomic E-state index is 11.2. The highest BCUT2D eigenvalue weighted by Crippen LogP contribution is 2.05. The van der Waals surface area contributed by atoms with E-state index in [4.69, 9.17) is 0 Å². The van der Waals surface area contributed by atoms with E-state index >= 15 is 0 Å². The Morgan fingerprint density at radius 2 is 1.92 bits per heavy atom. The molecule has 0 N–H and O–H groups in total. The Kier molecular flexibility index (Phi) is 5.69. The third-order valence-corrected chi connectivity index (χ3v) is 1.82. The molecular weight excluding hydrogens is 148 g/mol. The zero-order chi connectivity index (χ0) is 9.56. The van der Waals surface area contributed by atoms with Crippen molar-refractivity contribution in [2.24, 2.45) is 5.92 Å². The molecule has 0 bridgehead atoms. The van der Waals surface area contributed by atoms with E-state index in [9.17, 15) is 4.79 Å². The SMILES string of the molecule is CC(C)=CCCCC(=O)C(C)C. The van der Waals surface area contributed by atoms with Gasteiger partial charge in [0.2, 0.25) is 0 Å². The Morgan fingerprint density at radius 3 is 2.33 bits per heavy atom. The predicted molar refractivity (Wildman–Crippen MR) is 53.1 cm³/mol. The summed E-state index contributed by atoms with van der Waals surface area (Å²) in [5.74, 6) is 0.592. The lowest BCUT2D eigenvalue weighted by Gasteiger charge is -2.01. The van der Waals surface area contributed by atoms with Crippen molar-refractivity contribution in [3.8, 4) is 0 Å². The van der Waals surface area contributed by atoms with E-state index in [0.717, 1.165) is 19.3 Å². The molecule has 0 spiro atoms. The number of hydrogen-bond acceptors (Lipinski definition) is 1. The highest BCUT2D eigenvalue weighted by molar-refractivity contribution is 5.80. The molecule has 0 aromatic heterocycles. The van der Waals surface area contributed by atoms with Gasteiger partial charge in [-0.3, -0.25) is 4.79 Å². The molecule has 12 heavy (non-hydrogen) atoms. The molecular formula is C11H20O. The van der Waals surface area contributed by atoms with Gasteiger partial charge in [-0.15, -0.1) is 0 Å². The Hall–Kier alpha value is -0.590. The molecule has 0 fully saturated rings. The zero-order valence-electron chi connectivity index (χ0n) is 8.68. The maximum absolute atomic E-state index is 11.2. The number of carbonyl (C=O) groups is 1. The van der Waals surface area contributed by atoms with E-state index in [1.54, 1.807) is 0 Å². The van der Waals surface area contributed by atoms with Gasteiger partial charge in [0.05, 0.1) is 0 Å². The van der Waals surface area contributed by atoms with Crippen LogP contribution in [0.25, 0.3) is 0 Å². The lowest BCUT2D eigenvalue weighted by molar-refractivity contribution is -0.121. The molecule has 0 aromatic carbocycles. The monoisotopic (exact) mass is 168 g/mol. The van der Waals surface area contributed by atoms with Crippen molar-refractivity contribution in [2.45, 2.75) is 47.0 Å². The number of unbranched alkanes of at least 4 members (excludes halogenated alkanes) is 1. The van der Waals surface area contributed by atoms with Crippen LogP contribution >= 0.6 is 0 Å². The number of ketones is 1. The number of allylic oxidation sites excluding steroid dienone is 2. The number of hydrogen-bond donors (Lipinski definition) is 0. The van der Waals surface area contributed by atoms with Gasteiger partial charge in [-0.25, -0.2) is 0 Å². The molecule has 0 rings (SSSR count). The summed E-state index contributed by atoms with van der Waals surface area (Å²) < 4.78 is 0. The molecule has 70 valence electrons. The summed E-state index contributed by atoms with van der Waals surface area (Å²) in [6.07, 6.45) is 4.97. The number of rotatable bonds is 5. The molecule has 0 aromatic rings. The molecule has 0 aliphatic heterocycles. The van der Waals surface area contributed by atoms with E-state index in [1.165, 1.54) is 5.57 Å². The first-order valence-electron chi connectivity index (χ1n) is 4.70. The Morgan fingerprint density at radius 1 is 1.33 bits per heavy atom. The lowest BCUT2D eigenvalue weighted by Crippen LogP contribution is -2.05. The van der Waals surface area contributed by atoms with Crippen LogP contribution in [0.1, 0.15) is 47.0 Å². The summed E-state index contributed by atoms with van der Waals surface area (Å²) >= 11 is 0. The Bertz CT molecular complexity index is 162. The van der Waals surface area contributed by atoms with Gasteiger partial charge >= 0.3 is 0 Å². The highest BCUT2D eigenvalue weighted by atomic mass is 16.1. The van der Waals surface area contributed by atoms with Crippen molar-refractivity contribution in [1.82, 2.24) is 0 Å². The van der Waals surface area contributed by atoms with Gasteiger partial charge in [-0.2, -0.15) is 0 Å². The normalized spacial score (nSPS) is 10.1. The van der Waals surface area contributed by atoms with E-state index in [-0.39, 0.29) is 5.92 Å². The van der Waals surface area contributed by atoms with Crippen LogP contribution in [-0.4, -0.2) is 5.78 Å². The lowest BCUT2D eigenvalue weighted by atomic mass is 10.0. The largest absolute Gasteiger partial charge is 0.299 e. The standard InChI is InChI=1S/C11H20O/c1-9(2)7-5-6-8-11(12)10(3)4/h7,10H,5-6,8H2,1-4H3. The second kappa shape index (κ2) is 5.99. The Labute approximate surface area is 75.9 Å². The van der Waals surface area contributed by atoms with Crippen LogP contribution in [0.5, 0.6) is 0 Å². The van der Waals surface area contributed by atoms with Gasteiger partial charge in [0.25, 0.3) is 0 Å². The molecule has 0 radical (unpaired) electrons. The average molecular weight is 168 g/mol. The minimum atomic E-state index is 0.205. The second-order valence-electron chi connectivity index (χ2n) is 3.79. The van der Waals surface area contributed by atoms with Crippen molar-refractivity contribution in [3.63, 3.8) is 0 Å². The van der Waals surface area contributed by atoms with Crippen molar-refractivity contribution in [1.29, 1.82) is 0 Å². The van der Waals surface area contributed by atoms with Gasteiger partial charge in [0.15, 0.2) is 0 Å². The highest BCUT2D eigenvalue weighted by Gasteiger charge is 2.04. The van der Waals surface area contributed by atoms with Crippen LogP contribution in [0, 0.1) is 5.92 Å². The summed E-state index contributed by atoms with van der Waals surface area (Å²) in [6, 6.07) is 0. The van der Waals surface area contributed by atoms with Gasteiger partial charge in [0, 0.05) is 12.3 Å². The minimum Gasteiger partial charge on any atom is -0.299 e. The molecule has 0 amide bonds. The summed E-state index contributed by atoms with van der Waals surface area (Å²) in [5.41, 5.74) is 1.34. The first-order valence-corrected chi connectivity index (χ1v) is 4.70. The fourth-order valence-electron chi connectivity index (χ4n) is 0.956. The number of carbonyl (C=O) groups excluding carboxylic acids is 1. The molecule has 0 unspecified atom stereocenters. The van der Waals surface area contributed by atoms with Gasteiger partial charge in [0.1, 0.15) is 5.78 Å². The van der Waals surface area contributed by atoms with Gasteiger partial charge < -0.3 is 0 Å². The number of Topliss-reactive ketones (excluding diaryl/α,β-unsaturated/α-hetero) is 1. The fraction of sp³-hybridized carbons (Fsp3) is 0.727. The van der Waals surface area contributed by atoms with Crippen LogP contribution in [0.15, 0.2) is 11.6 Å². The summed E-state index contributed by atoms with van der Waals surface area (Å²) in [5, 5.41) is 0. The second-order valence-corrected chi connectivity index (χ2v) is 3.79. The van der Waals surface area contributed by atoms with Crippen LogP contribution in [0.3, 0.4) is 0 Å². The van der Waals surface area contributed by atoms with Gasteiger partial charge in [-0.05, 0) is 26.7 Å². The van der Waals surface area contributed by atoms with Crippen molar-refractivity contribution >= 4 is 5.78 Å². The first kappa shape index (κ1) is 11.4. The van der Waals surface area contributed by atoms with Crippen molar-refractivity contribution in [2.75, 3.05) is 0 Å². The van der Waals surface area contributed by atoms with E-state index < -0.39 is 0 Å². The third kappa shape index (κ3) is 6.14. The van der Waals surface area contributed by atoms with E-state index in [2.05, 4.69) is 19.9 Å². The smallest absolute Gasteiger partial charge is 0.135 e. The topological polar surface area (TPSA) is 17.1 Å². The summed E-state index contributed by atoms with van der Waals surface area (Å²) in [6.45, 7) is 8.10. The molecule has 0 atom stereocenters. The molecule has 0 aliphatic carbocycles. The third-order valence-electron chi connectivity index (χ3n) is 1.82. The molecule has 0 saturated carbocycles. The van der Waals surface area contributed by atoms with Crippen LogP contribution in [0.4, 0.5) is 0 Å². The molecule has 0 aliphatic rings. The molecule has 0 heterocycles. The van der Waals surface area contributed by atoms with Crippen LogP contribution < -0.4 is 0 Å². The summed E-state index contributed by atoms with van der Waals surface area (Å²) in [7, 11) is 0. The van der Waals surface area contributed by atoms with Gasteiger partial charge in [-0.1, -0.05) is 25.5 Å². The van der Waals surface area contributed by atoms with Crippen molar-refractivity contribution in [3.05, 3.63) is 11.6 Å². The first-order chi connectivity index (χ1) is 5.54. The quantitative estimate of drug-likeness (QED) is 0.454. The Balaban J connectivity index is 3.45. The minimum absolute atomic E-state index is 0.205. The average Bonchev–Trinajstić information content (AvgIpc) is 1.97. The van der Waals surface area contributed by atoms with Crippen LogP contribution in [-0.2, 0) is 4.79 Å². The fourth-order valence-corrected chi connectivity index (χ4v) is 0.956. The molecule has 1 heteroatoms.